The van der Waals surface area contributed by atoms with E-state index in [4.69, 9.17) is 5.84 Å². The first kappa shape index (κ1) is 12.3. The van der Waals surface area contributed by atoms with Gasteiger partial charge in [-0.3, -0.25) is 11.3 Å². The van der Waals surface area contributed by atoms with Crippen molar-refractivity contribution < 1.29 is 17.6 Å². The van der Waals surface area contributed by atoms with Crippen LogP contribution in [0.25, 0.3) is 0 Å². The zero-order valence-electron chi connectivity index (χ0n) is 8.89. The molecule has 1 aromatic rings. The maximum absolute atomic E-state index is 13.1. The molecule has 1 saturated carbocycles. The first-order chi connectivity index (χ1) is 7.93. The number of hydrogen-bond donors (Lipinski definition) is 2. The number of rotatable bonds is 3. The van der Waals surface area contributed by atoms with Crippen molar-refractivity contribution in [2.24, 2.45) is 11.8 Å². The van der Waals surface area contributed by atoms with Crippen LogP contribution in [0, 0.1) is 11.7 Å². The molecule has 3 N–H and O–H groups in total. The molecule has 1 aliphatic rings. The van der Waals surface area contributed by atoms with Crippen LogP contribution in [-0.2, 0) is 6.18 Å². The first-order valence-corrected chi connectivity index (χ1v) is 5.26. The smallest absolute Gasteiger partial charge is 0.271 e. The quantitative estimate of drug-likeness (QED) is 0.490. The second kappa shape index (κ2) is 4.27. The molecule has 2 nitrogen and oxygen atoms in total. The molecular formula is C11H12F4N2. The third-order valence-corrected chi connectivity index (χ3v) is 2.93. The Bertz CT molecular complexity index is 412. The van der Waals surface area contributed by atoms with Gasteiger partial charge in [-0.1, -0.05) is 6.07 Å². The molecular weight excluding hydrogens is 236 g/mol. The summed E-state index contributed by atoms with van der Waals surface area (Å²) in [5, 5.41) is 0. The molecule has 6 heteroatoms. The van der Waals surface area contributed by atoms with Gasteiger partial charge >= 0.3 is 6.18 Å². The lowest BCUT2D eigenvalue weighted by Gasteiger charge is -2.17. The maximum atomic E-state index is 13.1. The second-order valence-corrected chi connectivity index (χ2v) is 4.22. The van der Waals surface area contributed by atoms with Crippen molar-refractivity contribution >= 4 is 0 Å². The Kier molecular flexibility index (Phi) is 3.09. The molecule has 0 bridgehead atoms. The van der Waals surface area contributed by atoms with Crippen molar-refractivity contribution in [2.45, 2.75) is 25.1 Å². The lowest BCUT2D eigenvalue weighted by Crippen LogP contribution is -2.29. The van der Waals surface area contributed by atoms with Crippen molar-refractivity contribution in [3.8, 4) is 0 Å². The van der Waals surface area contributed by atoms with E-state index in [2.05, 4.69) is 5.43 Å². The highest BCUT2D eigenvalue weighted by atomic mass is 19.4. The first-order valence-electron chi connectivity index (χ1n) is 5.26. The minimum atomic E-state index is -4.68. The predicted octanol–water partition coefficient (Wildman–Crippen LogP) is 2.76. The average molecular weight is 248 g/mol. The molecule has 0 spiro atoms. The van der Waals surface area contributed by atoms with Gasteiger partial charge in [0.15, 0.2) is 0 Å². The van der Waals surface area contributed by atoms with Crippen LogP contribution in [0.15, 0.2) is 18.2 Å². The zero-order valence-corrected chi connectivity index (χ0v) is 8.89. The van der Waals surface area contributed by atoms with E-state index in [1.54, 1.807) is 0 Å². The minimum absolute atomic E-state index is 0.242. The summed E-state index contributed by atoms with van der Waals surface area (Å²) in [6, 6.07) is 2.67. The lowest BCUT2D eigenvalue weighted by atomic mass is 10.00. The van der Waals surface area contributed by atoms with E-state index in [1.807, 2.05) is 0 Å². The minimum Gasteiger partial charge on any atom is -0.271 e. The highest BCUT2D eigenvalue weighted by Crippen LogP contribution is 2.42. The number of alkyl halides is 3. The molecule has 0 saturated heterocycles. The summed E-state index contributed by atoms with van der Waals surface area (Å²) < 4.78 is 50.6. The van der Waals surface area contributed by atoms with E-state index >= 15 is 0 Å². The van der Waals surface area contributed by atoms with Crippen LogP contribution < -0.4 is 11.3 Å². The van der Waals surface area contributed by atoms with Crippen LogP contribution >= 0.6 is 0 Å². The zero-order chi connectivity index (χ0) is 12.6. The fourth-order valence-electron chi connectivity index (χ4n) is 1.89. The Morgan fingerprint density at radius 3 is 2.41 bits per heavy atom. The Morgan fingerprint density at radius 2 is 1.94 bits per heavy atom. The summed E-state index contributed by atoms with van der Waals surface area (Å²) in [6.45, 7) is 0. The summed E-state index contributed by atoms with van der Waals surface area (Å²) >= 11 is 0. The fraction of sp³-hybridized carbons (Fsp3) is 0.455. The van der Waals surface area contributed by atoms with E-state index < -0.39 is 17.6 Å². The molecule has 1 fully saturated rings. The number of nitrogens with two attached hydrogens (primary N) is 1. The van der Waals surface area contributed by atoms with Gasteiger partial charge in [0, 0.05) is 6.04 Å². The largest absolute Gasteiger partial charge is 0.419 e. The van der Waals surface area contributed by atoms with Gasteiger partial charge in [-0.25, -0.2) is 4.39 Å². The van der Waals surface area contributed by atoms with Gasteiger partial charge in [-0.2, -0.15) is 13.2 Å². The number of hydrogen-bond acceptors (Lipinski definition) is 2. The Morgan fingerprint density at radius 1 is 1.29 bits per heavy atom. The summed E-state index contributed by atoms with van der Waals surface area (Å²) in [5.74, 6) is 4.30. The van der Waals surface area contributed by atoms with Gasteiger partial charge in [0.2, 0.25) is 0 Å². The Balaban J connectivity index is 2.36. The SMILES string of the molecule is NNC(c1ccc(F)c(C(F)(F)F)c1)C1CC1. The van der Waals surface area contributed by atoms with Crippen molar-refractivity contribution in [3.63, 3.8) is 0 Å². The molecule has 0 aromatic heterocycles. The van der Waals surface area contributed by atoms with E-state index in [-0.39, 0.29) is 12.0 Å². The molecule has 0 amide bonds. The normalized spacial score (nSPS) is 18.2. The summed E-state index contributed by atoms with van der Waals surface area (Å²) in [7, 11) is 0. The molecule has 17 heavy (non-hydrogen) atoms. The standard InChI is InChI=1S/C11H12F4N2/c12-9-4-3-7(5-8(9)11(13,14)15)10(17-16)6-1-2-6/h3-6,10,17H,1-2,16H2. The van der Waals surface area contributed by atoms with Crippen molar-refractivity contribution in [1.82, 2.24) is 5.43 Å². The summed E-state index contributed by atoms with van der Waals surface area (Å²) in [5.41, 5.74) is 1.63. The Labute approximate surface area is 95.8 Å². The van der Waals surface area contributed by atoms with E-state index in [0.29, 0.717) is 5.56 Å². The monoisotopic (exact) mass is 248 g/mol. The molecule has 0 heterocycles. The number of nitrogens with one attached hydrogen (secondary N) is 1. The summed E-state index contributed by atoms with van der Waals surface area (Å²) in [6.07, 6.45) is -2.83. The topological polar surface area (TPSA) is 38.0 Å². The third kappa shape index (κ3) is 2.58. The van der Waals surface area contributed by atoms with E-state index in [9.17, 15) is 17.6 Å². The average Bonchev–Trinajstić information content (AvgIpc) is 3.04. The van der Waals surface area contributed by atoms with Crippen LogP contribution in [0.2, 0.25) is 0 Å². The van der Waals surface area contributed by atoms with Crippen LogP contribution in [0.1, 0.15) is 30.0 Å². The fourth-order valence-corrected chi connectivity index (χ4v) is 1.89. The molecule has 0 aliphatic heterocycles. The molecule has 1 aliphatic carbocycles. The number of hydrazine groups is 1. The predicted molar refractivity (Wildman–Crippen MR) is 54.2 cm³/mol. The van der Waals surface area contributed by atoms with Gasteiger partial charge in [0.1, 0.15) is 5.82 Å². The highest BCUT2D eigenvalue weighted by Gasteiger charge is 2.37. The van der Waals surface area contributed by atoms with Gasteiger partial charge < -0.3 is 0 Å². The number of benzene rings is 1. The van der Waals surface area contributed by atoms with Crippen molar-refractivity contribution in [3.05, 3.63) is 35.1 Å². The highest BCUT2D eigenvalue weighted by molar-refractivity contribution is 5.30. The van der Waals surface area contributed by atoms with E-state index in [1.165, 1.54) is 6.07 Å². The molecule has 1 aromatic carbocycles. The second-order valence-electron chi connectivity index (χ2n) is 4.22. The molecule has 1 atom stereocenters. The van der Waals surface area contributed by atoms with Gasteiger partial charge in [-0.05, 0) is 36.5 Å². The van der Waals surface area contributed by atoms with Crippen molar-refractivity contribution in [2.75, 3.05) is 0 Å². The summed E-state index contributed by atoms with van der Waals surface area (Å²) in [4.78, 5) is 0. The van der Waals surface area contributed by atoms with Crippen LogP contribution in [-0.4, -0.2) is 0 Å². The van der Waals surface area contributed by atoms with Crippen molar-refractivity contribution in [1.29, 1.82) is 0 Å². The van der Waals surface area contributed by atoms with Crippen LogP contribution in [0.4, 0.5) is 17.6 Å². The molecule has 1 unspecified atom stereocenters. The molecule has 0 radical (unpaired) electrons. The number of halogens is 4. The third-order valence-electron chi connectivity index (χ3n) is 2.93. The Hall–Kier alpha value is -1.14. The van der Waals surface area contributed by atoms with Gasteiger partial charge in [0.25, 0.3) is 0 Å². The molecule has 94 valence electrons. The van der Waals surface area contributed by atoms with Crippen LogP contribution in [0.5, 0.6) is 0 Å². The van der Waals surface area contributed by atoms with Gasteiger partial charge in [-0.15, -0.1) is 0 Å². The van der Waals surface area contributed by atoms with E-state index in [0.717, 1.165) is 25.0 Å². The lowest BCUT2D eigenvalue weighted by molar-refractivity contribution is -0.140. The van der Waals surface area contributed by atoms with Crippen LogP contribution in [0.3, 0.4) is 0 Å². The maximum Gasteiger partial charge on any atom is 0.419 e. The van der Waals surface area contributed by atoms with Gasteiger partial charge in [0.05, 0.1) is 5.56 Å². The molecule has 2 rings (SSSR count).